The monoisotopic (exact) mass is 382 g/mol. The van der Waals surface area contributed by atoms with Crippen LogP contribution in [-0.2, 0) is 9.53 Å². The molecule has 0 aliphatic carbocycles. The van der Waals surface area contributed by atoms with Crippen LogP contribution < -0.4 is 15.0 Å². The van der Waals surface area contributed by atoms with E-state index in [-0.39, 0.29) is 24.8 Å². The summed E-state index contributed by atoms with van der Waals surface area (Å²) in [6.07, 6.45) is 0. The number of carbonyl (C=O) groups excluding carboxylic acids is 2. The van der Waals surface area contributed by atoms with Crippen molar-refractivity contribution in [3.63, 3.8) is 0 Å². The molecule has 1 amide bonds. The normalized spacial score (nSPS) is 13.9. The summed E-state index contributed by atoms with van der Waals surface area (Å²) in [6, 6.07) is 13.1. The first kappa shape index (κ1) is 19.9. The van der Waals surface area contributed by atoms with Crippen molar-refractivity contribution in [2.24, 2.45) is 0 Å². The third-order valence-corrected chi connectivity index (χ3v) is 4.86. The molecule has 0 bridgehead atoms. The average molecular weight is 382 g/mol. The van der Waals surface area contributed by atoms with Gasteiger partial charge in [0.15, 0.2) is 12.4 Å². The first-order valence-corrected chi connectivity index (χ1v) is 9.45. The number of Topliss-reactive ketones (excluding diaryl/α,β-unsaturated/α-hetero) is 1. The minimum absolute atomic E-state index is 0.0496. The maximum Gasteiger partial charge on any atom is 0.258 e. The molecule has 0 spiro atoms. The predicted molar refractivity (Wildman–Crippen MR) is 108 cm³/mol. The zero-order chi connectivity index (χ0) is 19.9. The van der Waals surface area contributed by atoms with Gasteiger partial charge in [-0.2, -0.15) is 0 Å². The molecule has 0 unspecified atom stereocenters. The van der Waals surface area contributed by atoms with Crippen molar-refractivity contribution in [2.45, 2.75) is 13.8 Å². The van der Waals surface area contributed by atoms with E-state index in [2.05, 4.69) is 10.2 Å². The van der Waals surface area contributed by atoms with Gasteiger partial charge in [-0.1, -0.05) is 6.07 Å². The molecule has 0 radical (unpaired) electrons. The number of ether oxygens (including phenoxy) is 2. The topological polar surface area (TPSA) is 67.9 Å². The predicted octanol–water partition coefficient (Wildman–Crippen LogP) is 2.52. The fourth-order valence-corrected chi connectivity index (χ4v) is 2.96. The molecule has 1 aliphatic rings. The Kier molecular flexibility index (Phi) is 6.66. The molecule has 1 heterocycles. The number of amides is 1. The quantitative estimate of drug-likeness (QED) is 0.746. The van der Waals surface area contributed by atoms with E-state index in [9.17, 15) is 9.59 Å². The van der Waals surface area contributed by atoms with Crippen LogP contribution in [-0.4, -0.2) is 51.1 Å². The van der Waals surface area contributed by atoms with Crippen molar-refractivity contribution < 1.29 is 19.1 Å². The largest absolute Gasteiger partial charge is 0.484 e. The van der Waals surface area contributed by atoms with E-state index in [1.54, 1.807) is 12.1 Å². The lowest BCUT2D eigenvalue weighted by atomic mass is 10.1. The number of rotatable bonds is 7. The van der Waals surface area contributed by atoms with Crippen LogP contribution in [0, 0.1) is 13.8 Å². The molecule has 1 aliphatic heterocycles. The Morgan fingerprint density at radius 1 is 1.04 bits per heavy atom. The second-order valence-corrected chi connectivity index (χ2v) is 6.88. The summed E-state index contributed by atoms with van der Waals surface area (Å²) >= 11 is 0. The summed E-state index contributed by atoms with van der Waals surface area (Å²) in [7, 11) is 0. The number of hydrogen-bond donors (Lipinski definition) is 1. The SMILES string of the molecule is Cc1ccc(OCC(=O)NCC(=O)c2ccc(N3CCOCC3)cc2)cc1C. The molecule has 148 valence electrons. The van der Waals surface area contributed by atoms with Crippen molar-refractivity contribution in [3.05, 3.63) is 59.2 Å². The zero-order valence-electron chi connectivity index (χ0n) is 16.4. The lowest BCUT2D eigenvalue weighted by Gasteiger charge is -2.28. The van der Waals surface area contributed by atoms with E-state index in [1.165, 1.54) is 5.56 Å². The minimum atomic E-state index is -0.323. The summed E-state index contributed by atoms with van der Waals surface area (Å²) in [5.74, 6) is 0.188. The molecule has 28 heavy (non-hydrogen) atoms. The van der Waals surface area contributed by atoms with Gasteiger partial charge < -0.3 is 19.7 Å². The van der Waals surface area contributed by atoms with E-state index in [1.807, 2.05) is 44.2 Å². The summed E-state index contributed by atoms with van der Waals surface area (Å²) in [6.45, 7) is 6.98. The fraction of sp³-hybridized carbons (Fsp3) is 0.364. The third-order valence-electron chi connectivity index (χ3n) is 4.86. The zero-order valence-corrected chi connectivity index (χ0v) is 16.4. The fourth-order valence-electron chi connectivity index (χ4n) is 2.96. The molecule has 6 heteroatoms. The van der Waals surface area contributed by atoms with Crippen LogP contribution in [0.4, 0.5) is 5.69 Å². The Balaban J connectivity index is 1.45. The number of nitrogens with one attached hydrogen (secondary N) is 1. The van der Waals surface area contributed by atoms with Gasteiger partial charge in [-0.3, -0.25) is 9.59 Å². The number of morpholine rings is 1. The smallest absolute Gasteiger partial charge is 0.258 e. The highest BCUT2D eigenvalue weighted by molar-refractivity contribution is 5.99. The molecule has 3 rings (SSSR count). The van der Waals surface area contributed by atoms with Gasteiger partial charge in [-0.25, -0.2) is 0 Å². The van der Waals surface area contributed by atoms with Crippen molar-refractivity contribution in [3.8, 4) is 5.75 Å². The van der Waals surface area contributed by atoms with E-state index in [4.69, 9.17) is 9.47 Å². The van der Waals surface area contributed by atoms with Gasteiger partial charge in [0, 0.05) is 24.3 Å². The molecule has 1 N–H and O–H groups in total. The molecule has 1 saturated heterocycles. The molecule has 2 aromatic rings. The van der Waals surface area contributed by atoms with Gasteiger partial charge in [0.2, 0.25) is 0 Å². The highest BCUT2D eigenvalue weighted by Gasteiger charge is 2.13. The summed E-state index contributed by atoms with van der Waals surface area (Å²) in [5, 5.41) is 2.61. The molecule has 1 fully saturated rings. The van der Waals surface area contributed by atoms with Gasteiger partial charge in [0.1, 0.15) is 5.75 Å². The van der Waals surface area contributed by atoms with Crippen LogP contribution in [0.2, 0.25) is 0 Å². The van der Waals surface area contributed by atoms with Crippen LogP contribution in [0.1, 0.15) is 21.5 Å². The summed E-state index contributed by atoms with van der Waals surface area (Å²) in [4.78, 5) is 26.5. The summed E-state index contributed by atoms with van der Waals surface area (Å²) < 4.78 is 10.8. The number of nitrogens with zero attached hydrogens (tertiary/aromatic N) is 1. The average Bonchev–Trinajstić information content (AvgIpc) is 2.73. The molecular weight excluding hydrogens is 356 g/mol. The van der Waals surface area contributed by atoms with Crippen molar-refractivity contribution >= 4 is 17.4 Å². The first-order chi connectivity index (χ1) is 13.5. The van der Waals surface area contributed by atoms with Gasteiger partial charge >= 0.3 is 0 Å². The Morgan fingerprint density at radius 2 is 1.75 bits per heavy atom. The number of hydrogen-bond acceptors (Lipinski definition) is 5. The second-order valence-electron chi connectivity index (χ2n) is 6.88. The number of ketones is 1. The van der Waals surface area contributed by atoms with Crippen molar-refractivity contribution in [1.82, 2.24) is 5.32 Å². The number of carbonyl (C=O) groups is 2. The van der Waals surface area contributed by atoms with Crippen molar-refractivity contribution in [2.75, 3.05) is 44.4 Å². The lowest BCUT2D eigenvalue weighted by molar-refractivity contribution is -0.122. The van der Waals surface area contributed by atoms with Crippen molar-refractivity contribution in [1.29, 1.82) is 0 Å². The van der Waals surface area contributed by atoms with E-state index in [0.29, 0.717) is 11.3 Å². The maximum absolute atomic E-state index is 12.3. The molecule has 6 nitrogen and oxygen atoms in total. The molecule has 0 atom stereocenters. The third kappa shape index (κ3) is 5.33. The highest BCUT2D eigenvalue weighted by Crippen LogP contribution is 2.17. The summed E-state index contributed by atoms with van der Waals surface area (Å²) in [5.41, 5.74) is 3.92. The van der Waals surface area contributed by atoms with E-state index in [0.717, 1.165) is 37.6 Å². The van der Waals surface area contributed by atoms with Gasteiger partial charge in [0.25, 0.3) is 5.91 Å². The van der Waals surface area contributed by atoms with Crippen LogP contribution in [0.25, 0.3) is 0 Å². The van der Waals surface area contributed by atoms with Crippen LogP contribution in [0.15, 0.2) is 42.5 Å². The highest BCUT2D eigenvalue weighted by atomic mass is 16.5. The Hall–Kier alpha value is -2.86. The Morgan fingerprint density at radius 3 is 2.43 bits per heavy atom. The van der Waals surface area contributed by atoms with Gasteiger partial charge in [0.05, 0.1) is 19.8 Å². The maximum atomic E-state index is 12.3. The van der Waals surface area contributed by atoms with E-state index < -0.39 is 0 Å². The van der Waals surface area contributed by atoms with Crippen LogP contribution in [0.5, 0.6) is 5.75 Å². The number of aryl methyl sites for hydroxylation is 2. The number of benzene rings is 2. The first-order valence-electron chi connectivity index (χ1n) is 9.45. The Bertz CT molecular complexity index is 827. The molecule has 0 saturated carbocycles. The van der Waals surface area contributed by atoms with Crippen LogP contribution in [0.3, 0.4) is 0 Å². The standard InChI is InChI=1S/C22H26N2O4/c1-16-3-8-20(13-17(16)2)28-15-22(26)23-14-21(25)18-4-6-19(7-5-18)24-9-11-27-12-10-24/h3-8,13H,9-12,14-15H2,1-2H3,(H,23,26). The number of anilines is 1. The van der Waals surface area contributed by atoms with E-state index >= 15 is 0 Å². The van der Waals surface area contributed by atoms with Crippen LogP contribution >= 0.6 is 0 Å². The molecule has 0 aromatic heterocycles. The molecule has 2 aromatic carbocycles. The second kappa shape index (κ2) is 9.37. The lowest BCUT2D eigenvalue weighted by Crippen LogP contribution is -2.36. The Labute approximate surface area is 165 Å². The molecular formula is C22H26N2O4. The van der Waals surface area contributed by atoms with Gasteiger partial charge in [-0.05, 0) is 61.4 Å². The van der Waals surface area contributed by atoms with Gasteiger partial charge in [-0.15, -0.1) is 0 Å². The minimum Gasteiger partial charge on any atom is -0.484 e.